The van der Waals surface area contributed by atoms with Crippen LogP contribution in [-0.2, 0) is 0 Å². The van der Waals surface area contributed by atoms with E-state index in [0.717, 1.165) is 20.3 Å². The average Bonchev–Trinajstić information content (AvgIpc) is 2.85. The van der Waals surface area contributed by atoms with Crippen LogP contribution in [0.1, 0.15) is 0 Å². The van der Waals surface area contributed by atoms with Crippen molar-refractivity contribution < 1.29 is 4.52 Å². The molecule has 2 aromatic heterocycles. The van der Waals surface area contributed by atoms with E-state index < -0.39 is 0 Å². The summed E-state index contributed by atoms with van der Waals surface area (Å²) in [5.74, 6) is 0.266. The van der Waals surface area contributed by atoms with Crippen LogP contribution in [0.15, 0.2) is 47.2 Å². The van der Waals surface area contributed by atoms with E-state index in [2.05, 4.69) is 32.7 Å². The van der Waals surface area contributed by atoms with Crippen LogP contribution in [-0.4, -0.2) is 10.1 Å². The summed E-state index contributed by atoms with van der Waals surface area (Å²) in [6.45, 7) is 0. The molecular weight excluding hydrogens is 389 g/mol. The molecule has 0 saturated heterocycles. The molecule has 0 radical (unpaired) electrons. The van der Waals surface area contributed by atoms with Gasteiger partial charge in [0.2, 0.25) is 5.88 Å². The Bertz CT molecular complexity index is 758. The van der Waals surface area contributed by atoms with Crippen molar-refractivity contribution in [1.29, 1.82) is 0 Å². The smallest absolute Gasteiger partial charge is 0.230 e. The lowest BCUT2D eigenvalue weighted by molar-refractivity contribution is 0.439. The van der Waals surface area contributed by atoms with Gasteiger partial charge in [0, 0.05) is 27.1 Å². The van der Waals surface area contributed by atoms with Gasteiger partial charge in [-0.2, -0.15) is 0 Å². The number of aromatic nitrogens is 2. The number of rotatable bonds is 2. The Labute approximate surface area is 134 Å². The van der Waals surface area contributed by atoms with Gasteiger partial charge in [0.25, 0.3) is 0 Å². The summed E-state index contributed by atoms with van der Waals surface area (Å²) in [6.07, 6.45) is 3.43. The lowest BCUT2D eigenvalue weighted by Gasteiger charge is -2.03. The number of benzene rings is 1. The van der Waals surface area contributed by atoms with Gasteiger partial charge < -0.3 is 10.3 Å². The Kier molecular flexibility index (Phi) is 3.62. The number of anilines is 1. The highest BCUT2D eigenvalue weighted by Gasteiger charge is 2.18. The molecule has 0 fully saturated rings. The van der Waals surface area contributed by atoms with Crippen molar-refractivity contribution in [1.82, 2.24) is 10.1 Å². The van der Waals surface area contributed by atoms with Crippen molar-refractivity contribution in [2.45, 2.75) is 0 Å². The molecule has 0 saturated carbocycles. The molecule has 3 aromatic rings. The third-order valence-corrected chi connectivity index (χ3v) is 4.43. The minimum absolute atomic E-state index is 0.266. The van der Waals surface area contributed by atoms with Crippen molar-refractivity contribution in [3.63, 3.8) is 0 Å². The summed E-state index contributed by atoms with van der Waals surface area (Å²) in [6, 6.07) is 9.46. The summed E-state index contributed by atoms with van der Waals surface area (Å²) in [4.78, 5) is 4.10. The lowest BCUT2D eigenvalue weighted by Crippen LogP contribution is -1.88. The van der Waals surface area contributed by atoms with E-state index in [4.69, 9.17) is 21.9 Å². The maximum Gasteiger partial charge on any atom is 0.230 e. The first-order chi connectivity index (χ1) is 9.66. The molecule has 0 aliphatic carbocycles. The molecule has 4 nitrogen and oxygen atoms in total. The predicted molar refractivity (Wildman–Crippen MR) is 87.3 cm³/mol. The van der Waals surface area contributed by atoms with Gasteiger partial charge in [0.15, 0.2) is 0 Å². The summed E-state index contributed by atoms with van der Waals surface area (Å²) >= 11 is 8.33. The molecule has 0 bridgehead atoms. The second-order valence-corrected chi connectivity index (χ2v) is 5.71. The van der Waals surface area contributed by atoms with Gasteiger partial charge in [0.1, 0.15) is 5.69 Å². The summed E-state index contributed by atoms with van der Waals surface area (Å²) < 4.78 is 6.11. The van der Waals surface area contributed by atoms with Crippen LogP contribution in [0.4, 0.5) is 5.88 Å². The molecule has 0 amide bonds. The van der Waals surface area contributed by atoms with E-state index in [1.54, 1.807) is 12.4 Å². The van der Waals surface area contributed by atoms with Crippen LogP contribution < -0.4 is 5.73 Å². The maximum atomic E-state index is 6.16. The molecule has 0 unspecified atom stereocenters. The van der Waals surface area contributed by atoms with Crippen LogP contribution in [0.2, 0.25) is 5.02 Å². The second-order valence-electron chi connectivity index (χ2n) is 4.14. The zero-order valence-corrected chi connectivity index (χ0v) is 13.1. The minimum Gasteiger partial charge on any atom is -0.367 e. The zero-order valence-electron chi connectivity index (χ0n) is 10.2. The first-order valence-corrected chi connectivity index (χ1v) is 7.23. The van der Waals surface area contributed by atoms with Crippen LogP contribution in [0.5, 0.6) is 0 Å². The van der Waals surface area contributed by atoms with Crippen LogP contribution in [0.25, 0.3) is 22.4 Å². The highest BCUT2D eigenvalue weighted by Crippen LogP contribution is 2.37. The molecule has 3 rings (SSSR count). The Hall–Kier alpha value is -1.60. The van der Waals surface area contributed by atoms with Crippen molar-refractivity contribution in [2.75, 3.05) is 5.73 Å². The Morgan fingerprint density at radius 2 is 2.05 bits per heavy atom. The molecule has 0 aliphatic rings. The molecule has 2 heterocycles. The fraction of sp³-hybridized carbons (Fsp3) is 0. The summed E-state index contributed by atoms with van der Waals surface area (Å²) in [5.41, 5.74) is 8.99. The van der Waals surface area contributed by atoms with Crippen LogP contribution in [0, 0.1) is 3.57 Å². The Balaban J connectivity index is 2.18. The van der Waals surface area contributed by atoms with Crippen LogP contribution in [0.3, 0.4) is 0 Å². The minimum atomic E-state index is 0.266. The molecule has 20 heavy (non-hydrogen) atoms. The van der Waals surface area contributed by atoms with E-state index in [1.165, 1.54) is 0 Å². The van der Waals surface area contributed by atoms with Crippen molar-refractivity contribution >= 4 is 40.1 Å². The molecule has 0 aliphatic heterocycles. The lowest BCUT2D eigenvalue weighted by atomic mass is 10.0. The first kappa shape index (κ1) is 13.4. The quantitative estimate of drug-likeness (QED) is 0.657. The second kappa shape index (κ2) is 5.41. The standard InChI is InChI=1S/C14H9ClIN3O/c15-10-6-8(3-4-11(10)16)13-12(14(17)20-19-13)9-2-1-5-18-7-9/h1-7H,17H2. The van der Waals surface area contributed by atoms with Crippen molar-refractivity contribution in [2.24, 2.45) is 0 Å². The number of hydrogen-bond acceptors (Lipinski definition) is 4. The van der Waals surface area contributed by atoms with Gasteiger partial charge in [-0.15, -0.1) is 0 Å². The number of nitrogens with two attached hydrogens (primary N) is 1. The van der Waals surface area contributed by atoms with E-state index >= 15 is 0 Å². The largest absolute Gasteiger partial charge is 0.367 e. The molecule has 0 spiro atoms. The summed E-state index contributed by atoms with van der Waals surface area (Å²) in [5, 5.41) is 4.71. The van der Waals surface area contributed by atoms with Gasteiger partial charge in [-0.3, -0.25) is 4.98 Å². The topological polar surface area (TPSA) is 64.9 Å². The van der Waals surface area contributed by atoms with E-state index in [0.29, 0.717) is 10.7 Å². The maximum absolute atomic E-state index is 6.16. The number of nitrogen functional groups attached to an aromatic ring is 1. The van der Waals surface area contributed by atoms with Crippen molar-refractivity contribution in [3.05, 3.63) is 51.3 Å². The zero-order chi connectivity index (χ0) is 14.1. The molecule has 6 heteroatoms. The number of halogens is 2. The number of pyridine rings is 1. The Morgan fingerprint density at radius 1 is 1.20 bits per heavy atom. The van der Waals surface area contributed by atoms with Gasteiger partial charge in [-0.05, 0) is 40.8 Å². The number of hydrogen-bond donors (Lipinski definition) is 1. The third kappa shape index (κ3) is 2.38. The molecule has 2 N–H and O–H groups in total. The predicted octanol–water partition coefficient (Wildman–Crippen LogP) is 4.24. The SMILES string of the molecule is Nc1onc(-c2ccc(I)c(Cl)c2)c1-c1cccnc1. The van der Waals surface area contributed by atoms with E-state index in [1.807, 2.05) is 30.3 Å². The van der Waals surface area contributed by atoms with Gasteiger partial charge in [0.05, 0.1) is 10.6 Å². The molecule has 0 atom stereocenters. The molecule has 100 valence electrons. The van der Waals surface area contributed by atoms with E-state index in [-0.39, 0.29) is 5.88 Å². The fourth-order valence-electron chi connectivity index (χ4n) is 1.93. The monoisotopic (exact) mass is 397 g/mol. The van der Waals surface area contributed by atoms with Gasteiger partial charge in [-0.1, -0.05) is 28.9 Å². The van der Waals surface area contributed by atoms with Crippen LogP contribution >= 0.6 is 34.2 Å². The van der Waals surface area contributed by atoms with Gasteiger partial charge in [-0.25, -0.2) is 0 Å². The molecular formula is C14H9ClIN3O. The molecule has 1 aromatic carbocycles. The van der Waals surface area contributed by atoms with Gasteiger partial charge >= 0.3 is 0 Å². The highest BCUT2D eigenvalue weighted by molar-refractivity contribution is 14.1. The fourth-order valence-corrected chi connectivity index (χ4v) is 2.45. The normalized spacial score (nSPS) is 10.7. The summed E-state index contributed by atoms with van der Waals surface area (Å²) in [7, 11) is 0. The van der Waals surface area contributed by atoms with Crippen molar-refractivity contribution in [3.8, 4) is 22.4 Å². The number of nitrogens with zero attached hydrogens (tertiary/aromatic N) is 2. The Morgan fingerprint density at radius 3 is 2.75 bits per heavy atom. The first-order valence-electron chi connectivity index (χ1n) is 5.78. The highest BCUT2D eigenvalue weighted by atomic mass is 127. The van der Waals surface area contributed by atoms with E-state index in [9.17, 15) is 0 Å². The third-order valence-electron chi connectivity index (χ3n) is 2.86. The average molecular weight is 398 g/mol.